The van der Waals surface area contributed by atoms with Gasteiger partial charge in [-0.15, -0.1) is 11.3 Å². The molecule has 1 aromatic heterocycles. The number of carbonyl (C=O) groups excluding carboxylic acids is 1. The number of hydrogen-bond acceptors (Lipinski definition) is 6. The van der Waals surface area contributed by atoms with Gasteiger partial charge in [0.2, 0.25) is 0 Å². The fourth-order valence-electron chi connectivity index (χ4n) is 2.38. The van der Waals surface area contributed by atoms with Crippen LogP contribution in [-0.2, 0) is 4.74 Å². The van der Waals surface area contributed by atoms with Gasteiger partial charge in [-0.05, 0) is 37.1 Å². The molecule has 25 heavy (non-hydrogen) atoms. The summed E-state index contributed by atoms with van der Waals surface area (Å²) in [5, 5.41) is 8.01. The van der Waals surface area contributed by atoms with Gasteiger partial charge in [-0.3, -0.25) is 4.79 Å². The minimum absolute atomic E-state index is 0.0777. The van der Waals surface area contributed by atoms with Gasteiger partial charge in [0.15, 0.2) is 5.13 Å². The Morgan fingerprint density at radius 3 is 2.88 bits per heavy atom. The maximum Gasteiger partial charge on any atom is 0.387 e. The van der Waals surface area contributed by atoms with E-state index in [0.29, 0.717) is 23.1 Å². The van der Waals surface area contributed by atoms with Crippen molar-refractivity contribution in [2.24, 2.45) is 0 Å². The molecule has 3 rings (SSSR count). The Hall–Kier alpha value is -2.26. The zero-order valence-corrected chi connectivity index (χ0v) is 14.0. The van der Waals surface area contributed by atoms with Gasteiger partial charge < -0.3 is 20.1 Å². The van der Waals surface area contributed by atoms with Crippen LogP contribution in [0.3, 0.4) is 0 Å². The van der Waals surface area contributed by atoms with Crippen molar-refractivity contribution in [3.8, 4) is 5.75 Å². The lowest BCUT2D eigenvalue weighted by Crippen LogP contribution is -2.31. The van der Waals surface area contributed by atoms with Crippen LogP contribution in [0.15, 0.2) is 29.6 Å². The lowest BCUT2D eigenvalue weighted by molar-refractivity contribution is -0.0498. The molecule has 9 heteroatoms. The number of hydrogen-bond donors (Lipinski definition) is 2. The molecule has 1 atom stereocenters. The predicted molar refractivity (Wildman–Crippen MR) is 89.8 cm³/mol. The van der Waals surface area contributed by atoms with E-state index in [0.717, 1.165) is 19.4 Å². The molecular weight excluding hydrogens is 352 g/mol. The lowest BCUT2D eigenvalue weighted by atomic mass is 10.2. The molecule has 0 spiro atoms. The Kier molecular flexibility index (Phi) is 5.77. The highest BCUT2D eigenvalue weighted by atomic mass is 32.1. The summed E-state index contributed by atoms with van der Waals surface area (Å²) in [6.07, 6.45) is 2.05. The number of amides is 1. The fraction of sp³-hybridized carbons (Fsp3) is 0.375. The van der Waals surface area contributed by atoms with Gasteiger partial charge in [0.25, 0.3) is 5.91 Å². The minimum Gasteiger partial charge on any atom is -0.435 e. The normalized spacial score (nSPS) is 16.8. The van der Waals surface area contributed by atoms with Gasteiger partial charge >= 0.3 is 6.61 Å². The van der Waals surface area contributed by atoms with Crippen LogP contribution >= 0.6 is 11.3 Å². The molecule has 1 aromatic carbocycles. The monoisotopic (exact) mass is 369 g/mol. The predicted octanol–water partition coefficient (Wildman–Crippen LogP) is 3.40. The third-order valence-electron chi connectivity index (χ3n) is 3.58. The highest BCUT2D eigenvalue weighted by Crippen LogP contribution is 2.23. The standard InChI is InChI=1S/C16H17F2N3O3S/c17-15(18)24-11-5-3-10(4-6-11)20-16-21-13(9-25-16)14(22)19-8-12-2-1-7-23-12/h3-6,9,12,15H,1-2,7-8H2,(H,19,22)(H,20,21). The first-order chi connectivity index (χ1) is 12.1. The van der Waals surface area contributed by atoms with Crippen LogP contribution in [0, 0.1) is 0 Å². The van der Waals surface area contributed by atoms with Crippen molar-refractivity contribution >= 4 is 28.1 Å². The number of thiazole rings is 1. The molecule has 1 fully saturated rings. The molecule has 1 saturated heterocycles. The summed E-state index contributed by atoms with van der Waals surface area (Å²) in [5.41, 5.74) is 0.977. The highest BCUT2D eigenvalue weighted by molar-refractivity contribution is 7.14. The van der Waals surface area contributed by atoms with Crippen molar-refractivity contribution in [2.45, 2.75) is 25.6 Å². The molecule has 2 N–H and O–H groups in total. The van der Waals surface area contributed by atoms with Crippen LogP contribution in [0.1, 0.15) is 23.3 Å². The number of halogens is 2. The van der Waals surface area contributed by atoms with E-state index in [4.69, 9.17) is 4.74 Å². The second-order valence-electron chi connectivity index (χ2n) is 5.41. The average Bonchev–Trinajstić information content (AvgIpc) is 3.26. The summed E-state index contributed by atoms with van der Waals surface area (Å²) in [6.45, 7) is -1.63. The third-order valence-corrected chi connectivity index (χ3v) is 4.34. The van der Waals surface area contributed by atoms with Crippen LogP contribution in [0.5, 0.6) is 5.75 Å². The van der Waals surface area contributed by atoms with Crippen molar-refractivity contribution in [3.63, 3.8) is 0 Å². The molecular formula is C16H17F2N3O3S. The van der Waals surface area contributed by atoms with E-state index < -0.39 is 6.61 Å². The number of benzene rings is 1. The van der Waals surface area contributed by atoms with E-state index in [1.54, 1.807) is 17.5 Å². The van der Waals surface area contributed by atoms with Gasteiger partial charge in [0.05, 0.1) is 6.10 Å². The van der Waals surface area contributed by atoms with E-state index in [2.05, 4.69) is 20.4 Å². The Balaban J connectivity index is 1.53. The van der Waals surface area contributed by atoms with Crippen molar-refractivity contribution in [3.05, 3.63) is 35.3 Å². The summed E-state index contributed by atoms with van der Waals surface area (Å²) in [4.78, 5) is 16.3. The first-order valence-corrected chi connectivity index (χ1v) is 8.65. The van der Waals surface area contributed by atoms with Crippen molar-refractivity contribution in [1.29, 1.82) is 0 Å². The molecule has 0 radical (unpaired) electrons. The number of anilines is 2. The molecule has 1 aliphatic rings. The van der Waals surface area contributed by atoms with Crippen LogP contribution in [0.25, 0.3) is 0 Å². The Bertz CT molecular complexity index is 703. The molecule has 0 bridgehead atoms. The summed E-state index contributed by atoms with van der Waals surface area (Å²) in [5.74, 6) is -0.172. The van der Waals surface area contributed by atoms with Gasteiger partial charge in [-0.25, -0.2) is 4.98 Å². The second-order valence-corrected chi connectivity index (χ2v) is 6.27. The van der Waals surface area contributed by atoms with Gasteiger partial charge in [0.1, 0.15) is 11.4 Å². The van der Waals surface area contributed by atoms with Gasteiger partial charge in [-0.1, -0.05) is 0 Å². The van der Waals surface area contributed by atoms with E-state index in [1.165, 1.54) is 23.5 Å². The molecule has 0 aliphatic carbocycles. The first-order valence-electron chi connectivity index (χ1n) is 7.77. The molecule has 0 saturated carbocycles. The molecule has 2 aromatic rings. The zero-order valence-electron chi connectivity index (χ0n) is 13.2. The van der Waals surface area contributed by atoms with E-state index >= 15 is 0 Å². The molecule has 1 aliphatic heterocycles. The topological polar surface area (TPSA) is 72.5 Å². The van der Waals surface area contributed by atoms with Gasteiger partial charge in [0, 0.05) is 24.2 Å². The van der Waals surface area contributed by atoms with E-state index in [-0.39, 0.29) is 17.8 Å². The summed E-state index contributed by atoms with van der Waals surface area (Å²) < 4.78 is 34.0. The maximum absolute atomic E-state index is 12.1. The van der Waals surface area contributed by atoms with Crippen molar-refractivity contribution < 1.29 is 23.0 Å². The Morgan fingerprint density at radius 2 is 2.20 bits per heavy atom. The van der Waals surface area contributed by atoms with Crippen molar-refractivity contribution in [1.82, 2.24) is 10.3 Å². The number of alkyl halides is 2. The summed E-state index contributed by atoms with van der Waals surface area (Å²) >= 11 is 1.28. The maximum atomic E-state index is 12.1. The summed E-state index contributed by atoms with van der Waals surface area (Å²) in [6, 6.07) is 6.04. The number of ether oxygens (including phenoxy) is 2. The fourth-order valence-corrected chi connectivity index (χ4v) is 3.09. The number of nitrogens with one attached hydrogen (secondary N) is 2. The Labute approximate surface area is 147 Å². The van der Waals surface area contributed by atoms with Crippen LogP contribution in [-0.4, -0.2) is 36.8 Å². The van der Waals surface area contributed by atoms with Crippen molar-refractivity contribution in [2.75, 3.05) is 18.5 Å². The second kappa shape index (κ2) is 8.21. The number of carbonyl (C=O) groups is 1. The molecule has 2 heterocycles. The van der Waals surface area contributed by atoms with Gasteiger partial charge in [-0.2, -0.15) is 8.78 Å². The van der Waals surface area contributed by atoms with Crippen LogP contribution < -0.4 is 15.4 Å². The molecule has 134 valence electrons. The smallest absolute Gasteiger partial charge is 0.387 e. The van der Waals surface area contributed by atoms with Crippen LogP contribution in [0.2, 0.25) is 0 Å². The molecule has 6 nitrogen and oxygen atoms in total. The molecule has 1 unspecified atom stereocenters. The number of rotatable bonds is 7. The summed E-state index contributed by atoms with van der Waals surface area (Å²) in [7, 11) is 0. The zero-order chi connectivity index (χ0) is 17.6. The van der Waals surface area contributed by atoms with E-state index in [9.17, 15) is 13.6 Å². The first kappa shape index (κ1) is 17.6. The quantitative estimate of drug-likeness (QED) is 0.783. The Morgan fingerprint density at radius 1 is 1.40 bits per heavy atom. The number of aromatic nitrogens is 1. The number of nitrogens with zero attached hydrogens (tertiary/aromatic N) is 1. The largest absolute Gasteiger partial charge is 0.435 e. The minimum atomic E-state index is -2.85. The van der Waals surface area contributed by atoms with E-state index in [1.807, 2.05) is 0 Å². The lowest BCUT2D eigenvalue weighted by Gasteiger charge is -2.09. The molecule has 1 amide bonds. The highest BCUT2D eigenvalue weighted by Gasteiger charge is 2.18. The SMILES string of the molecule is O=C(NCC1CCCO1)c1csc(Nc2ccc(OC(F)F)cc2)n1. The third kappa shape index (κ3) is 5.10. The van der Waals surface area contributed by atoms with Crippen LogP contribution in [0.4, 0.5) is 19.6 Å². The average molecular weight is 369 g/mol.